The Morgan fingerprint density at radius 3 is 1.91 bits per heavy atom. The summed E-state index contributed by atoms with van der Waals surface area (Å²) < 4.78 is 7.16. The highest BCUT2D eigenvalue weighted by atomic mass is 28.4. The molecule has 5 aliphatic heterocycles. The Labute approximate surface area is 391 Å². The van der Waals surface area contributed by atoms with Crippen LogP contribution in [0.3, 0.4) is 0 Å². The molecule has 5 aliphatic rings. The third kappa shape index (κ3) is 8.01. The van der Waals surface area contributed by atoms with Crippen LogP contribution >= 0.6 is 0 Å². The average molecular weight is 915 g/mol. The van der Waals surface area contributed by atoms with Crippen LogP contribution in [0, 0.1) is 5.92 Å². The molecule has 67 heavy (non-hydrogen) atoms. The van der Waals surface area contributed by atoms with E-state index in [1.807, 2.05) is 141 Å². The first-order valence-electron chi connectivity index (χ1n) is 23.2. The van der Waals surface area contributed by atoms with Gasteiger partial charge in [0.25, 0.3) is 5.91 Å². The normalized spacial score (nSPS) is 23.9. The summed E-state index contributed by atoms with van der Waals surface area (Å²) in [5.74, 6) is -1.45. The van der Waals surface area contributed by atoms with E-state index in [0.717, 1.165) is 39.2 Å². The van der Waals surface area contributed by atoms with Gasteiger partial charge in [0, 0.05) is 49.3 Å². The van der Waals surface area contributed by atoms with Gasteiger partial charge < -0.3 is 24.4 Å². The summed E-state index contributed by atoms with van der Waals surface area (Å²) >= 11 is 0. The van der Waals surface area contributed by atoms with Crippen molar-refractivity contribution in [3.63, 3.8) is 0 Å². The lowest BCUT2D eigenvalue weighted by Gasteiger charge is -2.37. The fourth-order valence-electron chi connectivity index (χ4n) is 11.0. The standard InChI is InChI=1S/C53H54N6O7Si/c1-34-51(67(2,3)65)47(30-50(63)56-32-39-17-11-10-16-38(39)28-42(56)33-60)66-53(34)43-29-41(59-49(62)27-24-45(55-59)37-14-8-5-9-15-37)22-25-46(43)57(52(53)64)31-35-18-20-40(21-19-35)58-48(61)26-23-44(54-58)36-12-6-4-7-13-36/h4-22,25,29,34,42,47,51,60,65H,23-24,26-28,30-33H2,1-3H3/t34-,42-,47+,51-,53+/m0/s1. The molecule has 5 atom stereocenters. The Bertz CT molecular complexity index is 2810. The molecule has 13 nitrogen and oxygen atoms in total. The van der Waals surface area contributed by atoms with E-state index in [1.54, 1.807) is 15.9 Å². The van der Waals surface area contributed by atoms with Crippen molar-refractivity contribution < 1.29 is 33.8 Å². The first-order valence-corrected chi connectivity index (χ1v) is 26.2. The number of ether oxygens (including phenoxy) is 1. The lowest BCUT2D eigenvalue weighted by Crippen LogP contribution is -2.48. The average Bonchev–Trinajstić information content (AvgIpc) is 3.77. The van der Waals surface area contributed by atoms with Crippen LogP contribution in [0.15, 0.2) is 138 Å². The number of hydrazone groups is 2. The number of anilines is 3. The van der Waals surface area contributed by atoms with E-state index in [1.165, 1.54) is 10.0 Å². The van der Waals surface area contributed by atoms with E-state index in [2.05, 4.69) is 0 Å². The molecule has 0 bridgehead atoms. The predicted molar refractivity (Wildman–Crippen MR) is 259 cm³/mol. The zero-order valence-electron chi connectivity index (χ0n) is 37.9. The molecule has 0 unspecified atom stereocenters. The molecule has 0 aromatic heterocycles. The minimum Gasteiger partial charge on any atom is -0.432 e. The Balaban J connectivity index is 1.01. The van der Waals surface area contributed by atoms with E-state index >= 15 is 4.79 Å². The van der Waals surface area contributed by atoms with E-state index in [-0.39, 0.29) is 49.6 Å². The van der Waals surface area contributed by atoms with Gasteiger partial charge >= 0.3 is 0 Å². The van der Waals surface area contributed by atoms with Crippen molar-refractivity contribution in [2.75, 3.05) is 21.5 Å². The molecule has 1 saturated heterocycles. The SMILES string of the molecule is C[C@H]1[C@H]([Si](C)(C)O)[C@@H](CC(=O)N2Cc3ccccc3C[C@H]2CO)O[C@]12C(=O)N(Cc1ccc(N3N=C(c4ccccc4)CCC3=O)cc1)c1ccc(N3N=C(c4ccccc4)CCC3=O)cc12. The quantitative estimate of drug-likeness (QED) is 0.138. The third-order valence-electron chi connectivity index (χ3n) is 14.3. The highest BCUT2D eigenvalue weighted by Gasteiger charge is 2.66. The zero-order valence-corrected chi connectivity index (χ0v) is 38.9. The summed E-state index contributed by atoms with van der Waals surface area (Å²) in [6.45, 7) is 5.85. The second-order valence-electron chi connectivity index (χ2n) is 18.9. The highest BCUT2D eigenvalue weighted by molar-refractivity contribution is 6.71. The molecule has 10 rings (SSSR count). The number of fused-ring (bicyclic) bond motifs is 3. The fourth-order valence-corrected chi connectivity index (χ4v) is 13.5. The predicted octanol–water partition coefficient (Wildman–Crippen LogP) is 7.43. The molecule has 5 heterocycles. The maximum atomic E-state index is 15.6. The number of aliphatic hydroxyl groups excluding tert-OH is 1. The van der Waals surface area contributed by atoms with Crippen LogP contribution in [0.4, 0.5) is 17.1 Å². The van der Waals surface area contributed by atoms with Crippen molar-refractivity contribution in [1.29, 1.82) is 0 Å². The smallest absolute Gasteiger partial charge is 0.264 e. The molecule has 1 spiro atoms. The summed E-state index contributed by atoms with van der Waals surface area (Å²) in [4.78, 5) is 72.5. The topological polar surface area (TPSA) is 156 Å². The molecular formula is C53H54N6O7Si. The van der Waals surface area contributed by atoms with Gasteiger partial charge in [-0.05, 0) is 77.7 Å². The van der Waals surface area contributed by atoms with Crippen LogP contribution in [0.1, 0.15) is 72.4 Å². The van der Waals surface area contributed by atoms with E-state index < -0.39 is 37.5 Å². The molecule has 342 valence electrons. The van der Waals surface area contributed by atoms with Gasteiger partial charge in [0.2, 0.25) is 17.7 Å². The minimum absolute atomic E-state index is 0.102. The largest absolute Gasteiger partial charge is 0.432 e. The lowest BCUT2D eigenvalue weighted by molar-refractivity contribution is -0.151. The molecule has 14 heteroatoms. The number of rotatable bonds is 10. The van der Waals surface area contributed by atoms with Crippen LogP contribution in [-0.2, 0) is 49.0 Å². The molecule has 0 radical (unpaired) electrons. The maximum Gasteiger partial charge on any atom is 0.264 e. The number of aliphatic hydroxyl groups is 1. The number of hydrogen-bond acceptors (Lipinski definition) is 9. The number of hydrogen-bond donors (Lipinski definition) is 2. The first-order chi connectivity index (χ1) is 32.3. The molecular weight excluding hydrogens is 861 g/mol. The summed E-state index contributed by atoms with van der Waals surface area (Å²) in [6, 6.07) is 39.9. The van der Waals surface area contributed by atoms with E-state index in [9.17, 15) is 24.3 Å². The van der Waals surface area contributed by atoms with E-state index in [0.29, 0.717) is 54.9 Å². The monoisotopic (exact) mass is 914 g/mol. The van der Waals surface area contributed by atoms with Crippen LogP contribution in [0.2, 0.25) is 18.6 Å². The van der Waals surface area contributed by atoms with Crippen molar-refractivity contribution in [1.82, 2.24) is 4.90 Å². The highest BCUT2D eigenvalue weighted by Crippen LogP contribution is 2.60. The molecule has 5 aromatic carbocycles. The molecule has 4 amide bonds. The van der Waals surface area contributed by atoms with Gasteiger partial charge in [-0.15, -0.1) is 0 Å². The summed E-state index contributed by atoms with van der Waals surface area (Å²) in [5, 5.41) is 22.9. The maximum absolute atomic E-state index is 15.6. The first kappa shape index (κ1) is 44.3. The Kier molecular flexibility index (Phi) is 11.6. The summed E-state index contributed by atoms with van der Waals surface area (Å²) in [5.41, 5.74) is 6.38. The lowest BCUT2D eigenvalue weighted by atomic mass is 9.82. The summed E-state index contributed by atoms with van der Waals surface area (Å²) in [6.07, 6.45) is 1.18. The number of amides is 4. The van der Waals surface area contributed by atoms with Crippen molar-refractivity contribution >= 4 is 60.4 Å². The van der Waals surface area contributed by atoms with Crippen molar-refractivity contribution in [2.45, 2.75) is 94.9 Å². The minimum atomic E-state index is -3.19. The van der Waals surface area contributed by atoms with Crippen LogP contribution in [-0.4, -0.2) is 76.9 Å². The van der Waals surface area contributed by atoms with Crippen molar-refractivity contribution in [3.05, 3.63) is 161 Å². The van der Waals surface area contributed by atoms with Crippen LogP contribution in [0.25, 0.3) is 0 Å². The van der Waals surface area contributed by atoms with Crippen molar-refractivity contribution in [2.24, 2.45) is 16.1 Å². The number of carbonyl (C=O) groups is 4. The molecule has 0 aliphatic carbocycles. The third-order valence-corrected chi connectivity index (χ3v) is 16.8. The second kappa shape index (κ2) is 17.6. The van der Waals surface area contributed by atoms with Gasteiger partial charge in [0.15, 0.2) is 13.9 Å². The van der Waals surface area contributed by atoms with Gasteiger partial charge in [0.05, 0.1) is 60.2 Å². The number of benzene rings is 5. The molecule has 5 aromatic rings. The summed E-state index contributed by atoms with van der Waals surface area (Å²) in [7, 11) is -3.19. The van der Waals surface area contributed by atoms with Gasteiger partial charge in [-0.25, -0.2) is 10.0 Å². The van der Waals surface area contributed by atoms with Gasteiger partial charge in [-0.2, -0.15) is 10.2 Å². The Morgan fingerprint density at radius 1 is 0.746 bits per heavy atom. The fraction of sp³-hybridized carbons (Fsp3) is 0.321. The van der Waals surface area contributed by atoms with Gasteiger partial charge in [-0.3, -0.25) is 19.2 Å². The van der Waals surface area contributed by atoms with Crippen LogP contribution < -0.4 is 14.9 Å². The van der Waals surface area contributed by atoms with Crippen molar-refractivity contribution in [3.8, 4) is 0 Å². The molecule has 1 fully saturated rings. The van der Waals surface area contributed by atoms with Gasteiger partial charge in [-0.1, -0.05) is 104 Å². The molecule has 2 N–H and O–H groups in total. The van der Waals surface area contributed by atoms with E-state index in [4.69, 9.17) is 14.9 Å². The Morgan fingerprint density at radius 2 is 1.31 bits per heavy atom. The van der Waals surface area contributed by atoms with Gasteiger partial charge in [0.1, 0.15) is 0 Å². The number of nitrogens with zero attached hydrogens (tertiary/aromatic N) is 6. The number of carbonyl (C=O) groups excluding carboxylic acids is 4. The molecule has 0 saturated carbocycles. The Hall–Kier alpha value is -6.58. The second-order valence-corrected chi connectivity index (χ2v) is 22.9. The zero-order chi connectivity index (χ0) is 46.6. The van der Waals surface area contributed by atoms with Crippen LogP contribution in [0.5, 0.6) is 0 Å².